The number of carbonyl (C=O) groups excluding carboxylic acids is 2. The maximum atomic E-state index is 14.2. The minimum atomic E-state index is -6.13. The number of benzene rings is 4. The summed E-state index contributed by atoms with van der Waals surface area (Å²) in [6, 6.07) is -1.45. The van der Waals surface area contributed by atoms with Gasteiger partial charge < -0.3 is 8.83 Å². The average Bonchev–Trinajstić information content (AvgIpc) is 4.33. The molecule has 0 saturated heterocycles. The molecule has 0 N–H and O–H groups in total. The maximum absolute atomic E-state index is 14.2. The highest BCUT2D eigenvalue weighted by molar-refractivity contribution is 7.20. The van der Waals surface area contributed by atoms with Crippen LogP contribution in [0.25, 0.3) is 0 Å². The van der Waals surface area contributed by atoms with Gasteiger partial charge in [0.25, 0.3) is 0 Å². The SMILES string of the molecule is FC(F)(F)c1cc([B-](c2cc(C(F)(F)F)cc(C(F)(F)F)c2)(c2cc(C(F)(F)F)cc(C(F)(F)F)c2)c2cc(C(F)(F)F)cc(C(F)(F)F)c2)cc(C(F)(F)F)c1.O=C(c1ccc([I+]c2ccc(C(=O)C3CCCC3)o2)o1)C1CCCC1. The van der Waals surface area contributed by atoms with Gasteiger partial charge in [-0.1, -0.05) is 74.2 Å². The minimum Gasteiger partial charge on any atom is -0.415 e. The molecule has 0 amide bonds. The van der Waals surface area contributed by atoms with Crippen molar-refractivity contribution in [3.05, 3.63) is 161 Å². The van der Waals surface area contributed by atoms with Crippen molar-refractivity contribution in [1.29, 1.82) is 0 Å². The van der Waals surface area contributed by atoms with E-state index in [-0.39, 0.29) is 23.4 Å². The zero-order valence-corrected chi connectivity index (χ0v) is 42.9. The number of hydrogen-bond acceptors (Lipinski definition) is 4. The van der Waals surface area contributed by atoms with E-state index >= 15 is 0 Å². The molecule has 2 saturated carbocycles. The van der Waals surface area contributed by atoms with Gasteiger partial charge in [0.15, 0.2) is 11.5 Å². The lowest BCUT2D eigenvalue weighted by atomic mass is 9.12. The van der Waals surface area contributed by atoms with Crippen molar-refractivity contribution in [2.24, 2.45) is 11.8 Å². The summed E-state index contributed by atoms with van der Waals surface area (Å²) in [5.41, 5.74) is -30.2. The quantitative estimate of drug-likeness (QED) is 0.0593. The van der Waals surface area contributed by atoms with Gasteiger partial charge in [0.05, 0.1) is 44.5 Å². The number of hydrogen-bond donors (Lipinski definition) is 0. The summed E-state index contributed by atoms with van der Waals surface area (Å²) in [6.07, 6.45) is -46.3. The number of carbonyl (C=O) groups is 2. The van der Waals surface area contributed by atoms with Gasteiger partial charge >= 0.3 is 78.1 Å². The highest BCUT2D eigenvalue weighted by atomic mass is 127. The van der Waals surface area contributed by atoms with Crippen molar-refractivity contribution in [3.63, 3.8) is 0 Å². The zero-order chi connectivity index (χ0) is 61.1. The molecule has 30 heteroatoms. The van der Waals surface area contributed by atoms with Crippen LogP contribution in [0.5, 0.6) is 0 Å². The van der Waals surface area contributed by atoms with Crippen LogP contribution in [-0.4, -0.2) is 17.7 Å². The second kappa shape index (κ2) is 22.5. The topological polar surface area (TPSA) is 60.4 Å². The van der Waals surface area contributed by atoms with Crippen LogP contribution in [0.2, 0.25) is 0 Å². The maximum Gasteiger partial charge on any atom is 0.443 e. The Morgan fingerprint density at radius 3 is 0.707 bits per heavy atom. The van der Waals surface area contributed by atoms with Gasteiger partial charge in [0, 0.05) is 24.0 Å². The Kier molecular flexibility index (Phi) is 17.4. The third-order valence-corrected chi connectivity index (χ3v) is 15.9. The van der Waals surface area contributed by atoms with E-state index in [0.29, 0.717) is 11.5 Å². The Morgan fingerprint density at radius 2 is 0.524 bits per heavy atom. The Bertz CT molecular complexity index is 2800. The Hall–Kier alpha value is -6.11. The molecule has 0 spiro atoms. The molecular formula is C52H34BF24IO4. The molecule has 2 heterocycles. The molecule has 8 rings (SSSR count). The lowest BCUT2D eigenvalue weighted by Gasteiger charge is -2.46. The number of halogens is 25. The van der Waals surface area contributed by atoms with Crippen molar-refractivity contribution in [3.8, 4) is 0 Å². The van der Waals surface area contributed by atoms with Crippen LogP contribution in [0.15, 0.2) is 106 Å². The summed E-state index contributed by atoms with van der Waals surface area (Å²) in [5, 5.41) is 0. The predicted molar refractivity (Wildman–Crippen MR) is 237 cm³/mol. The van der Waals surface area contributed by atoms with Crippen molar-refractivity contribution in [1.82, 2.24) is 0 Å². The molecule has 82 heavy (non-hydrogen) atoms. The molecule has 0 unspecified atom stereocenters. The summed E-state index contributed by atoms with van der Waals surface area (Å²) < 4.78 is 354. The molecule has 2 aliphatic carbocycles. The molecule has 4 aromatic carbocycles. The van der Waals surface area contributed by atoms with E-state index in [1.165, 1.54) is 0 Å². The Morgan fingerprint density at radius 1 is 0.329 bits per heavy atom. The first-order valence-corrected chi connectivity index (χ1v) is 25.9. The summed E-state index contributed by atoms with van der Waals surface area (Å²) in [7, 11) is 0. The van der Waals surface area contributed by atoms with Crippen molar-refractivity contribution >= 4 is 39.6 Å². The molecule has 2 fully saturated rings. The standard InChI is InChI=1S/C32H12BF24.C20H22IO4/c34-25(35,36)13-1-14(26(37,38)39)6-21(5-13)33(22-7-15(27(40,41)42)2-16(8-22)28(43,44)45,23-9-17(29(46,47)48)3-18(10-23)30(49,50)51)24-11-19(31(52,53)54)4-20(12-24)32(55,56)57;22-19(13-5-1-2-6-13)15-9-11-17(24-15)21-18-12-10-16(25-18)20(23)14-7-3-4-8-14/h1-12H;9-14H,1-8H2/q-1;+1. The molecule has 4 nitrogen and oxygen atoms in total. The fraction of sp³-hybridized carbons (Fsp3) is 0.346. The fourth-order valence-electron chi connectivity index (χ4n) is 9.94. The molecule has 444 valence electrons. The highest BCUT2D eigenvalue weighted by Gasteiger charge is 2.47. The van der Waals surface area contributed by atoms with Gasteiger partial charge in [-0.25, -0.2) is 0 Å². The van der Waals surface area contributed by atoms with Gasteiger partial charge in [-0.3, -0.25) is 9.59 Å². The summed E-state index contributed by atoms with van der Waals surface area (Å²) in [4.78, 5) is 24.8. The van der Waals surface area contributed by atoms with E-state index in [0.717, 1.165) is 58.9 Å². The van der Waals surface area contributed by atoms with Gasteiger partial charge in [0.2, 0.25) is 11.6 Å². The minimum absolute atomic E-state index is 0.136. The van der Waals surface area contributed by atoms with Crippen LogP contribution in [-0.2, 0) is 49.4 Å². The van der Waals surface area contributed by atoms with E-state index in [2.05, 4.69) is 0 Å². The van der Waals surface area contributed by atoms with E-state index < -0.39 is 216 Å². The summed E-state index contributed by atoms with van der Waals surface area (Å²) in [5.74, 6) is 1.52. The normalized spacial score (nSPS) is 15.7. The van der Waals surface area contributed by atoms with E-state index in [9.17, 15) is 115 Å². The molecule has 0 bridgehead atoms. The molecule has 0 aliphatic heterocycles. The van der Waals surface area contributed by atoms with Crippen molar-refractivity contribution < 1.29 is 145 Å². The van der Waals surface area contributed by atoms with Gasteiger partial charge in [-0.15, -0.1) is 0 Å². The first-order chi connectivity index (χ1) is 37.5. The molecular weight excluding hydrogens is 1280 g/mol. The summed E-state index contributed by atoms with van der Waals surface area (Å²) >= 11 is -0.645. The Labute approximate surface area is 456 Å². The molecule has 0 radical (unpaired) electrons. The third kappa shape index (κ3) is 14.3. The van der Waals surface area contributed by atoms with E-state index in [4.69, 9.17) is 8.83 Å². The number of furan rings is 2. The largest absolute Gasteiger partial charge is 0.443 e. The van der Waals surface area contributed by atoms with Crippen LogP contribution in [0.3, 0.4) is 0 Å². The zero-order valence-electron chi connectivity index (χ0n) is 40.7. The van der Waals surface area contributed by atoms with Gasteiger partial charge in [0.1, 0.15) is 6.15 Å². The average molecular weight is 1320 g/mol. The summed E-state index contributed by atoms with van der Waals surface area (Å²) in [6.45, 7) is 0. The monoisotopic (exact) mass is 1320 g/mol. The molecule has 6 aromatic rings. The van der Waals surface area contributed by atoms with Crippen molar-refractivity contribution in [2.45, 2.75) is 101 Å². The third-order valence-electron chi connectivity index (χ3n) is 13.7. The molecule has 0 atom stereocenters. The second-order valence-electron chi connectivity index (χ2n) is 19.2. The van der Waals surface area contributed by atoms with Crippen molar-refractivity contribution in [2.75, 3.05) is 0 Å². The molecule has 2 aromatic heterocycles. The van der Waals surface area contributed by atoms with Gasteiger partial charge in [-0.05, 0) is 62.1 Å². The van der Waals surface area contributed by atoms with Crippen LogP contribution in [0, 0.1) is 19.4 Å². The fourth-order valence-corrected chi connectivity index (χ4v) is 11.9. The first kappa shape index (κ1) is 63.5. The van der Waals surface area contributed by atoms with Crippen LogP contribution < -0.4 is 43.1 Å². The van der Waals surface area contributed by atoms with Crippen LogP contribution in [0.1, 0.15) is 117 Å². The molecule has 2 aliphatic rings. The lowest BCUT2D eigenvalue weighted by Crippen LogP contribution is -3.61. The lowest BCUT2D eigenvalue weighted by molar-refractivity contribution is -0.636. The smallest absolute Gasteiger partial charge is 0.415 e. The number of alkyl halides is 24. The van der Waals surface area contributed by atoms with Crippen LogP contribution >= 0.6 is 0 Å². The number of Topliss-reactive ketones (excluding diaryl/α,β-unsaturated/α-hetero) is 2. The second-order valence-corrected chi connectivity index (χ2v) is 21.9. The number of ketones is 2. The predicted octanol–water partition coefficient (Wildman–Crippen LogP) is 13.0. The number of rotatable bonds is 10. The van der Waals surface area contributed by atoms with Gasteiger partial charge in [-0.2, -0.15) is 127 Å². The highest BCUT2D eigenvalue weighted by Crippen LogP contribution is 2.42. The van der Waals surface area contributed by atoms with E-state index in [1.807, 2.05) is 12.1 Å². The van der Waals surface area contributed by atoms with E-state index in [1.54, 1.807) is 12.1 Å². The first-order valence-electron chi connectivity index (χ1n) is 23.8. The van der Waals surface area contributed by atoms with Crippen LogP contribution in [0.4, 0.5) is 105 Å². The Balaban J connectivity index is 0.000000318.